The molecule has 0 saturated carbocycles. The molecule has 0 radical (unpaired) electrons. The zero-order valence-corrected chi connectivity index (χ0v) is 12.0. The van der Waals surface area contributed by atoms with Crippen LogP contribution in [0.1, 0.15) is 10.4 Å². The van der Waals surface area contributed by atoms with Gasteiger partial charge in [0.25, 0.3) is 10.0 Å². The van der Waals surface area contributed by atoms with Gasteiger partial charge in [-0.1, -0.05) is 17.7 Å². The summed E-state index contributed by atoms with van der Waals surface area (Å²) in [5.74, 6) is -1.94. The molecule has 0 amide bonds. The van der Waals surface area contributed by atoms with Gasteiger partial charge in [-0.05, 0) is 36.4 Å². The number of rotatable bonds is 4. The van der Waals surface area contributed by atoms with E-state index in [2.05, 4.69) is 4.72 Å². The van der Waals surface area contributed by atoms with Crippen LogP contribution in [0.2, 0.25) is 5.02 Å². The van der Waals surface area contributed by atoms with Gasteiger partial charge in [-0.2, -0.15) is 0 Å². The van der Waals surface area contributed by atoms with E-state index in [1.165, 1.54) is 24.3 Å². The van der Waals surface area contributed by atoms with Crippen LogP contribution in [-0.2, 0) is 10.0 Å². The minimum Gasteiger partial charge on any atom is -0.478 e. The summed E-state index contributed by atoms with van der Waals surface area (Å²) in [5.41, 5.74) is -0.305. The molecular formula is C13H9ClFNO4S. The molecule has 5 nitrogen and oxygen atoms in total. The van der Waals surface area contributed by atoms with Gasteiger partial charge in [0, 0.05) is 0 Å². The summed E-state index contributed by atoms with van der Waals surface area (Å²) in [6, 6.07) is 8.16. The molecule has 0 unspecified atom stereocenters. The van der Waals surface area contributed by atoms with E-state index in [4.69, 9.17) is 16.7 Å². The van der Waals surface area contributed by atoms with E-state index in [0.717, 1.165) is 18.2 Å². The number of carboxylic acid groups (broad SMARTS) is 1. The Balaban J connectivity index is 2.40. The standard InChI is InChI=1S/C13H9ClFNO4S/c14-12-5-4-10(7-11(12)13(17)18)21(19,20)16-9-3-1-2-8(15)6-9/h1-7,16H,(H,17,18). The number of halogens is 2. The molecule has 0 spiro atoms. The van der Waals surface area contributed by atoms with Crippen LogP contribution in [0.25, 0.3) is 0 Å². The number of hydrogen-bond acceptors (Lipinski definition) is 3. The first-order valence-corrected chi connectivity index (χ1v) is 7.47. The quantitative estimate of drug-likeness (QED) is 0.903. The third-order valence-electron chi connectivity index (χ3n) is 2.56. The number of anilines is 1. The van der Waals surface area contributed by atoms with Crippen LogP contribution in [0.3, 0.4) is 0 Å². The summed E-state index contributed by atoms with van der Waals surface area (Å²) >= 11 is 5.68. The number of nitrogens with one attached hydrogen (secondary N) is 1. The fourth-order valence-electron chi connectivity index (χ4n) is 1.60. The molecule has 0 aromatic heterocycles. The second kappa shape index (κ2) is 5.71. The number of sulfonamides is 1. The number of benzene rings is 2. The highest BCUT2D eigenvalue weighted by Crippen LogP contribution is 2.22. The second-order valence-corrected chi connectivity index (χ2v) is 6.15. The van der Waals surface area contributed by atoms with Crippen LogP contribution in [0.4, 0.5) is 10.1 Å². The number of aromatic carboxylic acids is 1. The largest absolute Gasteiger partial charge is 0.478 e. The maximum atomic E-state index is 13.0. The van der Waals surface area contributed by atoms with Crippen LogP contribution >= 0.6 is 11.6 Å². The molecule has 2 aromatic carbocycles. The predicted molar refractivity (Wildman–Crippen MR) is 75.6 cm³/mol. The molecule has 110 valence electrons. The Morgan fingerprint density at radius 3 is 2.52 bits per heavy atom. The maximum absolute atomic E-state index is 13.0. The Bertz CT molecular complexity index is 808. The summed E-state index contributed by atoms with van der Waals surface area (Å²) in [6.45, 7) is 0. The molecule has 0 atom stereocenters. The van der Waals surface area contributed by atoms with E-state index in [0.29, 0.717) is 0 Å². The lowest BCUT2D eigenvalue weighted by Crippen LogP contribution is -2.14. The van der Waals surface area contributed by atoms with Crippen molar-refractivity contribution >= 4 is 33.3 Å². The van der Waals surface area contributed by atoms with Crippen molar-refractivity contribution in [3.05, 3.63) is 58.9 Å². The van der Waals surface area contributed by atoms with Gasteiger partial charge in [-0.3, -0.25) is 4.72 Å². The Labute approximate surface area is 125 Å². The monoisotopic (exact) mass is 329 g/mol. The lowest BCUT2D eigenvalue weighted by Gasteiger charge is -2.09. The van der Waals surface area contributed by atoms with Crippen molar-refractivity contribution in [3.8, 4) is 0 Å². The normalized spacial score (nSPS) is 11.1. The van der Waals surface area contributed by atoms with E-state index in [9.17, 15) is 17.6 Å². The van der Waals surface area contributed by atoms with E-state index in [1.54, 1.807) is 0 Å². The predicted octanol–water partition coefficient (Wildman–Crippen LogP) is 2.98. The van der Waals surface area contributed by atoms with E-state index in [1.807, 2.05) is 0 Å². The third-order valence-corrected chi connectivity index (χ3v) is 4.26. The van der Waals surface area contributed by atoms with Crippen molar-refractivity contribution < 1.29 is 22.7 Å². The van der Waals surface area contributed by atoms with Crippen LogP contribution in [0.15, 0.2) is 47.4 Å². The first-order valence-electron chi connectivity index (χ1n) is 5.61. The van der Waals surface area contributed by atoms with Crippen molar-refractivity contribution in [1.82, 2.24) is 0 Å². The van der Waals surface area contributed by atoms with Gasteiger partial charge < -0.3 is 5.11 Å². The van der Waals surface area contributed by atoms with Gasteiger partial charge in [-0.15, -0.1) is 0 Å². The Hall–Kier alpha value is -2.12. The maximum Gasteiger partial charge on any atom is 0.337 e. The summed E-state index contributed by atoms with van der Waals surface area (Å²) in [7, 11) is -4.04. The van der Waals surface area contributed by atoms with E-state index in [-0.39, 0.29) is 21.2 Å². The van der Waals surface area contributed by atoms with Crippen molar-refractivity contribution in [3.63, 3.8) is 0 Å². The SMILES string of the molecule is O=C(O)c1cc(S(=O)(=O)Nc2cccc(F)c2)ccc1Cl. The topological polar surface area (TPSA) is 83.5 Å². The van der Waals surface area contributed by atoms with Gasteiger partial charge in [0.1, 0.15) is 5.82 Å². The Morgan fingerprint density at radius 1 is 1.19 bits per heavy atom. The van der Waals surface area contributed by atoms with Gasteiger partial charge in [0.2, 0.25) is 0 Å². The number of carbonyl (C=O) groups is 1. The van der Waals surface area contributed by atoms with Crippen LogP contribution in [0, 0.1) is 5.82 Å². The van der Waals surface area contributed by atoms with Gasteiger partial charge in [0.15, 0.2) is 0 Å². The zero-order valence-electron chi connectivity index (χ0n) is 10.4. The smallest absolute Gasteiger partial charge is 0.337 e. The van der Waals surface area contributed by atoms with Crippen LogP contribution in [0.5, 0.6) is 0 Å². The molecule has 2 aromatic rings. The first kappa shape index (κ1) is 15.3. The summed E-state index contributed by atoms with van der Waals surface area (Å²) in [6.07, 6.45) is 0. The van der Waals surface area contributed by atoms with E-state index >= 15 is 0 Å². The summed E-state index contributed by atoms with van der Waals surface area (Å²) in [5, 5.41) is 8.86. The molecule has 0 aliphatic carbocycles. The Kier molecular flexibility index (Phi) is 4.15. The molecule has 0 aliphatic rings. The minimum atomic E-state index is -4.04. The molecule has 0 bridgehead atoms. The molecule has 0 heterocycles. The van der Waals surface area contributed by atoms with Crippen molar-refractivity contribution in [2.45, 2.75) is 4.90 Å². The highest BCUT2D eigenvalue weighted by Gasteiger charge is 2.18. The second-order valence-electron chi connectivity index (χ2n) is 4.06. The molecular weight excluding hydrogens is 321 g/mol. The van der Waals surface area contributed by atoms with Gasteiger partial charge in [-0.25, -0.2) is 17.6 Å². The molecule has 21 heavy (non-hydrogen) atoms. The molecule has 0 fully saturated rings. The summed E-state index contributed by atoms with van der Waals surface area (Å²) in [4.78, 5) is 10.7. The average Bonchev–Trinajstić information content (AvgIpc) is 2.38. The highest BCUT2D eigenvalue weighted by molar-refractivity contribution is 7.92. The Morgan fingerprint density at radius 2 is 1.90 bits per heavy atom. The lowest BCUT2D eigenvalue weighted by molar-refractivity contribution is 0.0697. The minimum absolute atomic E-state index is 0.0295. The zero-order chi connectivity index (χ0) is 15.6. The fraction of sp³-hybridized carbons (Fsp3) is 0. The fourth-order valence-corrected chi connectivity index (χ4v) is 2.88. The van der Waals surface area contributed by atoms with Crippen molar-refractivity contribution in [2.75, 3.05) is 4.72 Å². The molecule has 0 saturated heterocycles. The van der Waals surface area contributed by atoms with E-state index < -0.39 is 21.8 Å². The number of hydrogen-bond donors (Lipinski definition) is 2. The molecule has 2 N–H and O–H groups in total. The number of carboxylic acids is 1. The van der Waals surface area contributed by atoms with Gasteiger partial charge in [0.05, 0.1) is 21.2 Å². The van der Waals surface area contributed by atoms with Crippen LogP contribution < -0.4 is 4.72 Å². The lowest BCUT2D eigenvalue weighted by atomic mass is 10.2. The van der Waals surface area contributed by atoms with Crippen molar-refractivity contribution in [2.24, 2.45) is 0 Å². The average molecular weight is 330 g/mol. The molecule has 0 aliphatic heterocycles. The van der Waals surface area contributed by atoms with Crippen molar-refractivity contribution in [1.29, 1.82) is 0 Å². The highest BCUT2D eigenvalue weighted by atomic mass is 35.5. The first-order chi connectivity index (χ1) is 9.79. The molecule has 8 heteroatoms. The van der Waals surface area contributed by atoms with Crippen LogP contribution in [-0.4, -0.2) is 19.5 Å². The molecule has 2 rings (SSSR count). The summed E-state index contributed by atoms with van der Waals surface area (Å²) < 4.78 is 39.5. The third kappa shape index (κ3) is 3.50. The van der Waals surface area contributed by atoms with Gasteiger partial charge >= 0.3 is 5.97 Å².